The van der Waals surface area contributed by atoms with Gasteiger partial charge in [0.15, 0.2) is 6.10 Å². The Hall–Kier alpha value is -3.35. The Morgan fingerprint density at radius 2 is 1.68 bits per heavy atom. The molecule has 2 atom stereocenters. The maximum Gasteiger partial charge on any atom is 0.415 e. The summed E-state index contributed by atoms with van der Waals surface area (Å²) in [5.41, 5.74) is 1.67. The maximum atomic E-state index is 13.0. The van der Waals surface area contributed by atoms with Gasteiger partial charge in [0.1, 0.15) is 6.61 Å². The Bertz CT molecular complexity index is 961. The van der Waals surface area contributed by atoms with E-state index in [1.165, 1.54) is 12.0 Å². The van der Waals surface area contributed by atoms with E-state index in [1.54, 1.807) is 24.3 Å². The molecule has 7 heteroatoms. The number of ether oxygens (including phenoxy) is 3. The second-order valence-electron chi connectivity index (χ2n) is 8.41. The lowest BCUT2D eigenvalue weighted by atomic mass is 9.99. The number of esters is 2. The SMILES string of the molecule is CCCCCCCC(=O)OC[C@H]1OC(=O)N(c2ccccc2C(=O)OC)[C@@H]1Cc1ccccc1. The summed E-state index contributed by atoms with van der Waals surface area (Å²) in [6.45, 7) is 2.11. The van der Waals surface area contributed by atoms with E-state index in [4.69, 9.17) is 14.2 Å². The number of hydrogen-bond donors (Lipinski definition) is 0. The number of cyclic esters (lactones) is 1. The van der Waals surface area contributed by atoms with Crippen LogP contribution in [0.5, 0.6) is 0 Å². The van der Waals surface area contributed by atoms with Gasteiger partial charge in [0.25, 0.3) is 0 Å². The third-order valence-electron chi connectivity index (χ3n) is 5.96. The molecule has 0 aliphatic carbocycles. The first kappa shape index (κ1) is 25.3. The zero-order valence-electron chi connectivity index (χ0n) is 19.9. The largest absolute Gasteiger partial charge is 0.465 e. The molecule has 0 saturated carbocycles. The predicted octanol–water partition coefficient (Wildman–Crippen LogP) is 5.31. The van der Waals surface area contributed by atoms with Crippen molar-refractivity contribution in [3.63, 3.8) is 0 Å². The van der Waals surface area contributed by atoms with Gasteiger partial charge in [-0.05, 0) is 30.5 Å². The quantitative estimate of drug-likeness (QED) is 0.239. The predicted molar refractivity (Wildman–Crippen MR) is 129 cm³/mol. The van der Waals surface area contributed by atoms with E-state index < -0.39 is 24.2 Å². The highest BCUT2D eigenvalue weighted by Gasteiger charge is 2.44. The summed E-state index contributed by atoms with van der Waals surface area (Å²) >= 11 is 0. The third-order valence-corrected chi connectivity index (χ3v) is 5.96. The number of carbonyl (C=O) groups excluding carboxylic acids is 3. The van der Waals surface area contributed by atoms with Gasteiger partial charge in [-0.15, -0.1) is 0 Å². The Morgan fingerprint density at radius 1 is 0.971 bits per heavy atom. The van der Waals surface area contributed by atoms with Gasteiger partial charge in [0.2, 0.25) is 0 Å². The molecule has 1 saturated heterocycles. The monoisotopic (exact) mass is 467 g/mol. The van der Waals surface area contributed by atoms with Crippen LogP contribution in [0.25, 0.3) is 0 Å². The number of hydrogen-bond acceptors (Lipinski definition) is 6. The molecule has 1 aliphatic rings. The van der Waals surface area contributed by atoms with Gasteiger partial charge in [-0.3, -0.25) is 9.69 Å². The fourth-order valence-electron chi connectivity index (χ4n) is 4.15. The molecule has 0 bridgehead atoms. The van der Waals surface area contributed by atoms with Gasteiger partial charge in [-0.2, -0.15) is 0 Å². The van der Waals surface area contributed by atoms with Crippen molar-refractivity contribution in [3.05, 3.63) is 65.7 Å². The number of rotatable bonds is 12. The van der Waals surface area contributed by atoms with Crippen LogP contribution in [0, 0.1) is 0 Å². The molecule has 2 aromatic carbocycles. The molecule has 0 unspecified atom stereocenters. The van der Waals surface area contributed by atoms with E-state index in [1.807, 2.05) is 30.3 Å². The van der Waals surface area contributed by atoms with Gasteiger partial charge in [0.05, 0.1) is 24.4 Å². The van der Waals surface area contributed by atoms with Crippen molar-refractivity contribution in [1.29, 1.82) is 0 Å². The van der Waals surface area contributed by atoms with Crippen LogP contribution in [-0.2, 0) is 25.4 Å². The number of benzene rings is 2. The first-order chi connectivity index (χ1) is 16.5. The lowest BCUT2D eigenvalue weighted by Gasteiger charge is -2.26. The van der Waals surface area contributed by atoms with Crippen molar-refractivity contribution >= 4 is 23.7 Å². The normalized spacial score (nSPS) is 17.4. The van der Waals surface area contributed by atoms with Gasteiger partial charge < -0.3 is 14.2 Å². The maximum absolute atomic E-state index is 13.0. The third kappa shape index (κ3) is 6.59. The topological polar surface area (TPSA) is 82.1 Å². The number of methoxy groups -OCH3 is 1. The Kier molecular flexibility index (Phi) is 9.50. The molecule has 2 aromatic rings. The van der Waals surface area contributed by atoms with Crippen LogP contribution in [0.3, 0.4) is 0 Å². The molecule has 34 heavy (non-hydrogen) atoms. The highest BCUT2D eigenvalue weighted by atomic mass is 16.6. The van der Waals surface area contributed by atoms with Crippen molar-refractivity contribution in [1.82, 2.24) is 0 Å². The van der Waals surface area contributed by atoms with Crippen LogP contribution in [-0.4, -0.2) is 43.9 Å². The number of anilines is 1. The lowest BCUT2D eigenvalue weighted by Crippen LogP contribution is -2.41. The van der Waals surface area contributed by atoms with Crippen LogP contribution >= 0.6 is 0 Å². The fourth-order valence-corrected chi connectivity index (χ4v) is 4.15. The van der Waals surface area contributed by atoms with E-state index in [0.717, 1.165) is 37.7 Å². The van der Waals surface area contributed by atoms with Crippen LogP contribution in [0.1, 0.15) is 61.4 Å². The molecule has 1 aliphatic heterocycles. The van der Waals surface area contributed by atoms with Crippen molar-refractivity contribution in [3.8, 4) is 0 Å². The minimum absolute atomic E-state index is 0.0338. The van der Waals surface area contributed by atoms with Gasteiger partial charge in [-0.1, -0.05) is 75.1 Å². The number of amides is 1. The molecule has 1 heterocycles. The van der Waals surface area contributed by atoms with E-state index in [9.17, 15) is 14.4 Å². The van der Waals surface area contributed by atoms with Crippen molar-refractivity contribution in [2.45, 2.75) is 64.0 Å². The standard InChI is InChI=1S/C27H33NO6/c1-3-4-5-6-10-17-25(29)33-19-24-23(18-20-13-8-7-9-14-20)28(27(31)34-24)22-16-12-11-15-21(22)26(30)32-2/h7-9,11-16,23-24H,3-6,10,17-19H2,1-2H3/t23-,24-/m1/s1. The smallest absolute Gasteiger partial charge is 0.415 e. The van der Waals surface area contributed by atoms with E-state index in [2.05, 4.69) is 6.92 Å². The van der Waals surface area contributed by atoms with Crippen LogP contribution in [0.15, 0.2) is 54.6 Å². The summed E-state index contributed by atoms with van der Waals surface area (Å²) in [6.07, 6.45) is 4.78. The molecule has 0 N–H and O–H groups in total. The zero-order chi connectivity index (χ0) is 24.3. The van der Waals surface area contributed by atoms with E-state index >= 15 is 0 Å². The minimum Gasteiger partial charge on any atom is -0.465 e. The molecular formula is C27H33NO6. The summed E-state index contributed by atoms with van der Waals surface area (Å²) in [5.74, 6) is -0.834. The first-order valence-electron chi connectivity index (χ1n) is 11.9. The minimum atomic E-state index is -0.664. The van der Waals surface area contributed by atoms with Crippen molar-refractivity contribution in [2.24, 2.45) is 0 Å². The van der Waals surface area contributed by atoms with Crippen molar-refractivity contribution < 1.29 is 28.6 Å². The van der Waals surface area contributed by atoms with E-state index in [-0.39, 0.29) is 18.1 Å². The summed E-state index contributed by atoms with van der Waals surface area (Å²) in [6, 6.07) is 16.0. The Morgan fingerprint density at radius 3 is 2.41 bits per heavy atom. The van der Waals surface area contributed by atoms with Gasteiger partial charge >= 0.3 is 18.0 Å². The molecule has 0 radical (unpaired) electrons. The lowest BCUT2D eigenvalue weighted by molar-refractivity contribution is -0.146. The van der Waals surface area contributed by atoms with Crippen molar-refractivity contribution in [2.75, 3.05) is 18.6 Å². The molecule has 182 valence electrons. The first-order valence-corrected chi connectivity index (χ1v) is 11.9. The molecular weight excluding hydrogens is 434 g/mol. The molecule has 7 nitrogen and oxygen atoms in total. The molecule has 0 spiro atoms. The summed E-state index contributed by atoms with van der Waals surface area (Å²) in [5, 5.41) is 0. The number of para-hydroxylation sites is 1. The van der Waals surface area contributed by atoms with Crippen LogP contribution in [0.4, 0.5) is 10.5 Å². The number of carbonyl (C=O) groups is 3. The highest BCUT2D eigenvalue weighted by molar-refractivity contribution is 6.01. The summed E-state index contributed by atoms with van der Waals surface area (Å²) in [7, 11) is 1.30. The Labute approximate surface area is 201 Å². The number of nitrogens with zero attached hydrogens (tertiary/aromatic N) is 1. The van der Waals surface area contributed by atoms with E-state index in [0.29, 0.717) is 18.5 Å². The number of unbranched alkanes of at least 4 members (excludes halogenated alkanes) is 4. The molecule has 3 rings (SSSR count). The van der Waals surface area contributed by atoms with Gasteiger partial charge in [-0.25, -0.2) is 9.59 Å². The average Bonchev–Trinajstić information content (AvgIpc) is 3.17. The van der Waals surface area contributed by atoms with Crippen LogP contribution < -0.4 is 4.90 Å². The molecule has 1 fully saturated rings. The molecule has 1 amide bonds. The Balaban J connectivity index is 1.76. The zero-order valence-corrected chi connectivity index (χ0v) is 19.9. The summed E-state index contributed by atoms with van der Waals surface area (Å²) in [4.78, 5) is 39.1. The second kappa shape index (κ2) is 12.8. The second-order valence-corrected chi connectivity index (χ2v) is 8.41. The highest BCUT2D eigenvalue weighted by Crippen LogP contribution is 2.32. The average molecular weight is 468 g/mol. The summed E-state index contributed by atoms with van der Waals surface area (Å²) < 4.78 is 16.1. The fraction of sp³-hybridized carbons (Fsp3) is 0.444. The molecule has 0 aromatic heterocycles. The van der Waals surface area contributed by atoms with Crippen LogP contribution in [0.2, 0.25) is 0 Å². The van der Waals surface area contributed by atoms with Gasteiger partial charge in [0, 0.05) is 6.42 Å².